The quantitative estimate of drug-likeness (QED) is 0.477. The van der Waals surface area contributed by atoms with Crippen LogP contribution in [0.15, 0.2) is 0 Å². The third-order valence-electron chi connectivity index (χ3n) is 3.07. The van der Waals surface area contributed by atoms with Crippen LogP contribution in [0.2, 0.25) is 0 Å². The molecule has 0 N–H and O–H groups in total. The van der Waals surface area contributed by atoms with Crippen LogP contribution in [0.25, 0.3) is 0 Å². The highest BCUT2D eigenvalue weighted by molar-refractivity contribution is 6.58. The topological polar surface area (TPSA) is 30.9 Å². The van der Waals surface area contributed by atoms with Crippen molar-refractivity contribution >= 4 is 6.89 Å². The summed E-state index contributed by atoms with van der Waals surface area (Å²) < 4.78 is 16.7. The van der Waals surface area contributed by atoms with Gasteiger partial charge in [-0.3, -0.25) is 0 Å². The fourth-order valence-corrected chi connectivity index (χ4v) is 2.51. The van der Waals surface area contributed by atoms with Crippen molar-refractivity contribution in [3.63, 3.8) is 0 Å². The molecule has 3 aliphatic rings. The lowest BCUT2D eigenvalue weighted by molar-refractivity contribution is 0.143. The van der Waals surface area contributed by atoms with E-state index in [0.717, 1.165) is 13.2 Å². The van der Waals surface area contributed by atoms with E-state index in [0.29, 0.717) is 19.3 Å². The summed E-state index contributed by atoms with van der Waals surface area (Å²) in [6.07, 6.45) is 2.49. The molecule has 0 saturated carbocycles. The van der Waals surface area contributed by atoms with Crippen LogP contribution in [0, 0.1) is 0 Å². The molecule has 0 aromatic carbocycles. The van der Waals surface area contributed by atoms with Crippen LogP contribution in [-0.4, -0.2) is 44.1 Å². The van der Waals surface area contributed by atoms with E-state index in [1.54, 1.807) is 0 Å². The van der Waals surface area contributed by atoms with Crippen molar-refractivity contribution in [1.29, 1.82) is 0 Å². The highest BCUT2D eigenvalue weighted by Gasteiger charge is 2.49. The van der Waals surface area contributed by atoms with E-state index in [-0.39, 0.29) is 0 Å². The Hall–Kier alpha value is -0.0951. The Labute approximate surface area is 71.8 Å². The van der Waals surface area contributed by atoms with Crippen molar-refractivity contribution in [3.05, 3.63) is 0 Å². The summed E-state index contributed by atoms with van der Waals surface area (Å²) in [5, 5.41) is 0. The Balaban J connectivity index is 1.86. The van der Waals surface area contributed by atoms with Gasteiger partial charge < -0.3 is 18.8 Å². The molecule has 3 saturated heterocycles. The Morgan fingerprint density at radius 1 is 1.17 bits per heavy atom. The van der Waals surface area contributed by atoms with Gasteiger partial charge in [-0.2, -0.15) is 0 Å². The number of fused-ring (bicyclic) bond motifs is 2. The van der Waals surface area contributed by atoms with Gasteiger partial charge >= 0.3 is 6.89 Å². The van der Waals surface area contributed by atoms with Gasteiger partial charge in [0.2, 0.25) is 0 Å². The van der Waals surface area contributed by atoms with Gasteiger partial charge in [-0.05, 0) is 25.4 Å². The van der Waals surface area contributed by atoms with Crippen LogP contribution in [0.1, 0.15) is 12.8 Å². The molecule has 0 radical (unpaired) electrons. The summed E-state index contributed by atoms with van der Waals surface area (Å²) in [6.45, 7) is 1.79. The molecule has 0 unspecified atom stereocenters. The van der Waals surface area contributed by atoms with Gasteiger partial charge in [0, 0.05) is 19.8 Å². The van der Waals surface area contributed by atoms with Crippen LogP contribution in [0.5, 0.6) is 0 Å². The van der Waals surface area contributed by atoms with E-state index >= 15 is 0 Å². The van der Waals surface area contributed by atoms with Gasteiger partial charge in [0.25, 0.3) is 0 Å². The minimum absolute atomic E-state index is 0.558. The average Bonchev–Trinajstić information content (AvgIpc) is 2.76. The first kappa shape index (κ1) is 7.32. The highest BCUT2D eigenvalue weighted by Crippen LogP contribution is 2.34. The number of nitrogens with zero attached hydrogens (tertiary/aromatic N) is 1. The van der Waals surface area contributed by atoms with E-state index in [4.69, 9.17) is 14.0 Å². The molecular formula is C7H13BNO3-. The second-order valence-corrected chi connectivity index (χ2v) is 3.71. The maximum Gasteiger partial charge on any atom is 0.464 e. The van der Waals surface area contributed by atoms with E-state index in [9.17, 15) is 0 Å². The summed E-state index contributed by atoms with van der Waals surface area (Å²) in [7, 11) is 0. The summed E-state index contributed by atoms with van der Waals surface area (Å²) in [5.41, 5.74) is 0. The minimum Gasteiger partial charge on any atom is -0.529 e. The van der Waals surface area contributed by atoms with Crippen molar-refractivity contribution in [3.8, 4) is 0 Å². The molecule has 12 heavy (non-hydrogen) atoms. The third-order valence-corrected chi connectivity index (χ3v) is 3.07. The van der Waals surface area contributed by atoms with Crippen molar-refractivity contribution in [1.82, 2.24) is 4.81 Å². The minimum atomic E-state index is -1.45. The monoisotopic (exact) mass is 170 g/mol. The van der Waals surface area contributed by atoms with Crippen molar-refractivity contribution in [2.45, 2.75) is 18.9 Å². The Bertz CT molecular complexity index is 195. The van der Waals surface area contributed by atoms with Crippen molar-refractivity contribution < 1.29 is 14.0 Å². The summed E-state index contributed by atoms with van der Waals surface area (Å²) in [6, 6.07) is 0.558. The molecular weight excluding hydrogens is 157 g/mol. The molecule has 0 aromatic rings. The smallest absolute Gasteiger partial charge is 0.464 e. The first-order valence-electron chi connectivity index (χ1n) is 4.72. The van der Waals surface area contributed by atoms with Crippen molar-refractivity contribution in [2.75, 3.05) is 26.4 Å². The summed E-state index contributed by atoms with van der Waals surface area (Å²) >= 11 is 0. The lowest BCUT2D eigenvalue weighted by atomic mass is 9.95. The van der Waals surface area contributed by atoms with Gasteiger partial charge in [0.1, 0.15) is 0 Å². The fourth-order valence-electron chi connectivity index (χ4n) is 2.51. The van der Waals surface area contributed by atoms with Crippen LogP contribution in [0.4, 0.5) is 0 Å². The molecule has 4 nitrogen and oxygen atoms in total. The van der Waals surface area contributed by atoms with Gasteiger partial charge in [-0.25, -0.2) is 0 Å². The lowest BCUT2D eigenvalue weighted by Crippen LogP contribution is -2.53. The predicted molar refractivity (Wildman–Crippen MR) is 43.3 cm³/mol. The van der Waals surface area contributed by atoms with Crippen LogP contribution >= 0.6 is 0 Å². The fraction of sp³-hybridized carbons (Fsp3) is 1.00. The Kier molecular flexibility index (Phi) is 1.49. The SMILES string of the molecule is C1C[C@H]2CO[B-]3(OCCO3)N2C1. The van der Waals surface area contributed by atoms with Crippen molar-refractivity contribution in [2.24, 2.45) is 0 Å². The van der Waals surface area contributed by atoms with Crippen LogP contribution < -0.4 is 0 Å². The normalized spacial score (nSPS) is 39.5. The molecule has 3 aliphatic heterocycles. The van der Waals surface area contributed by atoms with E-state index in [1.165, 1.54) is 12.8 Å². The molecule has 5 heteroatoms. The molecule has 1 spiro atoms. The van der Waals surface area contributed by atoms with Gasteiger partial charge in [-0.15, -0.1) is 0 Å². The molecule has 3 rings (SSSR count). The molecule has 1 atom stereocenters. The number of rotatable bonds is 0. The summed E-state index contributed by atoms with van der Waals surface area (Å²) in [5.74, 6) is 0. The van der Waals surface area contributed by atoms with Gasteiger partial charge in [0.15, 0.2) is 0 Å². The Morgan fingerprint density at radius 3 is 2.83 bits per heavy atom. The predicted octanol–water partition coefficient (Wildman–Crippen LogP) is -0.0366. The number of hydrogen-bond acceptors (Lipinski definition) is 4. The standard InChI is InChI=1S/C7H13BNO3/c1-2-7-6-12-8(9(7)3-1)10-4-5-11-8/h7H,1-6H2/q-1/t7-/m0/s1. The zero-order valence-electron chi connectivity index (χ0n) is 7.07. The maximum absolute atomic E-state index is 5.61. The average molecular weight is 170 g/mol. The van der Waals surface area contributed by atoms with Crippen LogP contribution in [0.3, 0.4) is 0 Å². The first-order valence-corrected chi connectivity index (χ1v) is 4.72. The number of hydrogen-bond donors (Lipinski definition) is 0. The second kappa shape index (κ2) is 2.45. The molecule has 68 valence electrons. The largest absolute Gasteiger partial charge is 0.529 e. The molecule has 0 bridgehead atoms. The van der Waals surface area contributed by atoms with E-state index in [2.05, 4.69) is 4.81 Å². The van der Waals surface area contributed by atoms with E-state index < -0.39 is 6.89 Å². The Morgan fingerprint density at radius 2 is 2.00 bits per heavy atom. The maximum atomic E-state index is 5.61. The van der Waals surface area contributed by atoms with Gasteiger partial charge in [-0.1, -0.05) is 0 Å². The second-order valence-electron chi connectivity index (χ2n) is 3.71. The van der Waals surface area contributed by atoms with E-state index in [1.807, 2.05) is 0 Å². The molecule has 3 fully saturated rings. The molecule has 0 aliphatic carbocycles. The lowest BCUT2D eigenvalue weighted by Gasteiger charge is -2.37. The zero-order valence-corrected chi connectivity index (χ0v) is 7.07. The molecule has 0 aromatic heterocycles. The molecule has 3 heterocycles. The molecule has 0 amide bonds. The highest BCUT2D eigenvalue weighted by atomic mass is 16.8. The van der Waals surface area contributed by atoms with Gasteiger partial charge in [0.05, 0.1) is 0 Å². The zero-order chi connectivity index (χ0) is 8.02. The third kappa shape index (κ3) is 0.822. The first-order chi connectivity index (χ1) is 5.91. The van der Waals surface area contributed by atoms with Crippen LogP contribution in [-0.2, 0) is 14.0 Å². The summed E-state index contributed by atoms with van der Waals surface area (Å²) in [4.78, 5) is 2.27.